The summed E-state index contributed by atoms with van der Waals surface area (Å²) in [7, 11) is 0. The number of hydrogen-bond acceptors (Lipinski definition) is 3. The van der Waals surface area contributed by atoms with Gasteiger partial charge in [0.2, 0.25) is 0 Å². The normalized spacial score (nSPS) is 15.3. The molecular formula is C14H23N3O. The monoisotopic (exact) mass is 249 g/mol. The highest BCUT2D eigenvalue weighted by molar-refractivity contribution is 5.82. The quantitative estimate of drug-likeness (QED) is 0.299. The molecule has 4 nitrogen and oxygen atoms in total. The van der Waals surface area contributed by atoms with Crippen molar-refractivity contribution in [2.45, 2.75) is 32.7 Å². The Kier molecular flexibility index (Phi) is 6.22. The largest absolute Gasteiger partial charge is 0.409 e. The van der Waals surface area contributed by atoms with Gasteiger partial charge in [-0.05, 0) is 25.3 Å². The molecule has 0 amide bonds. The molecule has 0 spiro atoms. The third-order valence-electron chi connectivity index (χ3n) is 3.10. The van der Waals surface area contributed by atoms with E-state index in [0.29, 0.717) is 6.04 Å². The van der Waals surface area contributed by atoms with Crippen LogP contribution in [0.1, 0.15) is 25.8 Å². The Bertz CT molecular complexity index is 365. The maximum absolute atomic E-state index is 8.56. The van der Waals surface area contributed by atoms with E-state index in [1.807, 2.05) is 13.0 Å². The molecule has 0 saturated carbocycles. The number of amidine groups is 1. The van der Waals surface area contributed by atoms with Crippen LogP contribution in [0, 0.1) is 5.92 Å². The summed E-state index contributed by atoms with van der Waals surface area (Å²) >= 11 is 0. The predicted octanol–water partition coefficient (Wildman–Crippen LogP) is 1.98. The first kappa shape index (κ1) is 14.5. The van der Waals surface area contributed by atoms with Gasteiger partial charge in [-0.15, -0.1) is 0 Å². The minimum absolute atomic E-state index is 0.0502. The summed E-state index contributed by atoms with van der Waals surface area (Å²) in [6.07, 6.45) is 2.14. The van der Waals surface area contributed by atoms with E-state index in [1.165, 1.54) is 5.56 Å². The maximum Gasteiger partial charge on any atom is 0.143 e. The second-order valence-corrected chi connectivity index (χ2v) is 4.76. The highest BCUT2D eigenvalue weighted by atomic mass is 16.4. The minimum Gasteiger partial charge on any atom is -0.409 e. The van der Waals surface area contributed by atoms with Crippen LogP contribution in [-0.2, 0) is 6.42 Å². The summed E-state index contributed by atoms with van der Waals surface area (Å²) in [6, 6.07) is 10.9. The number of aryl methyl sites for hydroxylation is 1. The van der Waals surface area contributed by atoms with Crippen molar-refractivity contribution in [3.63, 3.8) is 0 Å². The van der Waals surface area contributed by atoms with Crippen molar-refractivity contribution in [1.29, 1.82) is 0 Å². The summed E-state index contributed by atoms with van der Waals surface area (Å²) < 4.78 is 0. The molecule has 0 aliphatic heterocycles. The first-order chi connectivity index (χ1) is 8.63. The molecule has 2 unspecified atom stereocenters. The van der Waals surface area contributed by atoms with Gasteiger partial charge in [0.05, 0.1) is 0 Å². The van der Waals surface area contributed by atoms with E-state index in [1.54, 1.807) is 0 Å². The highest BCUT2D eigenvalue weighted by Gasteiger charge is 2.09. The third-order valence-corrected chi connectivity index (χ3v) is 3.10. The van der Waals surface area contributed by atoms with Crippen LogP contribution in [0.5, 0.6) is 0 Å². The van der Waals surface area contributed by atoms with E-state index in [-0.39, 0.29) is 11.8 Å². The zero-order valence-corrected chi connectivity index (χ0v) is 11.1. The first-order valence-corrected chi connectivity index (χ1v) is 6.38. The summed E-state index contributed by atoms with van der Waals surface area (Å²) in [5.41, 5.74) is 6.88. The molecule has 0 heterocycles. The fourth-order valence-corrected chi connectivity index (χ4v) is 1.71. The molecule has 4 heteroatoms. The van der Waals surface area contributed by atoms with Gasteiger partial charge in [0.25, 0.3) is 0 Å². The fourth-order valence-electron chi connectivity index (χ4n) is 1.71. The minimum atomic E-state index is 0.0502. The zero-order chi connectivity index (χ0) is 13.4. The van der Waals surface area contributed by atoms with Gasteiger partial charge in [-0.3, -0.25) is 0 Å². The van der Waals surface area contributed by atoms with E-state index in [2.05, 4.69) is 41.7 Å². The maximum atomic E-state index is 8.56. The molecule has 100 valence electrons. The van der Waals surface area contributed by atoms with Gasteiger partial charge in [-0.1, -0.05) is 42.4 Å². The lowest BCUT2D eigenvalue weighted by atomic mass is 10.1. The predicted molar refractivity (Wildman–Crippen MR) is 74.8 cm³/mol. The Labute approximate surface area is 109 Å². The molecule has 0 fully saturated rings. The van der Waals surface area contributed by atoms with E-state index < -0.39 is 0 Å². The Morgan fingerprint density at radius 2 is 2.00 bits per heavy atom. The lowest BCUT2D eigenvalue weighted by molar-refractivity contribution is 0.313. The Hall–Kier alpha value is -1.55. The van der Waals surface area contributed by atoms with Crippen molar-refractivity contribution in [3.05, 3.63) is 35.9 Å². The second-order valence-electron chi connectivity index (χ2n) is 4.76. The van der Waals surface area contributed by atoms with Gasteiger partial charge in [-0.2, -0.15) is 0 Å². The Morgan fingerprint density at radius 1 is 1.33 bits per heavy atom. The van der Waals surface area contributed by atoms with Crippen LogP contribution >= 0.6 is 0 Å². The number of nitrogens with one attached hydrogen (secondary N) is 1. The first-order valence-electron chi connectivity index (χ1n) is 6.38. The molecule has 0 bridgehead atoms. The molecule has 1 aromatic rings. The van der Waals surface area contributed by atoms with Crippen molar-refractivity contribution in [2.24, 2.45) is 16.8 Å². The highest BCUT2D eigenvalue weighted by Crippen LogP contribution is 2.05. The standard InChI is InChI=1S/C14H23N3O/c1-11(14(15)17-18)10-16-12(2)8-9-13-6-4-3-5-7-13/h3-7,11-12,16,18H,8-10H2,1-2H3,(H2,15,17). The van der Waals surface area contributed by atoms with Crippen molar-refractivity contribution in [3.8, 4) is 0 Å². The van der Waals surface area contributed by atoms with Crippen LogP contribution in [0.3, 0.4) is 0 Å². The lowest BCUT2D eigenvalue weighted by Gasteiger charge is -2.17. The fraction of sp³-hybridized carbons (Fsp3) is 0.500. The van der Waals surface area contributed by atoms with Gasteiger partial charge in [0.1, 0.15) is 5.84 Å². The number of nitrogens with two attached hydrogens (primary N) is 1. The molecule has 0 aliphatic carbocycles. The molecule has 0 saturated heterocycles. The van der Waals surface area contributed by atoms with Crippen molar-refractivity contribution < 1.29 is 5.21 Å². The number of rotatable bonds is 7. The number of hydrogen-bond donors (Lipinski definition) is 3. The summed E-state index contributed by atoms with van der Waals surface area (Å²) in [6.45, 7) is 4.82. The van der Waals surface area contributed by atoms with Crippen molar-refractivity contribution in [2.75, 3.05) is 6.54 Å². The van der Waals surface area contributed by atoms with Crippen LogP contribution in [0.15, 0.2) is 35.5 Å². The SMILES string of the molecule is CC(CCc1ccccc1)NCC(C)C(N)=NO. The molecule has 4 N–H and O–H groups in total. The molecule has 18 heavy (non-hydrogen) atoms. The Morgan fingerprint density at radius 3 is 2.61 bits per heavy atom. The molecule has 0 radical (unpaired) electrons. The second kappa shape index (κ2) is 7.71. The number of oxime groups is 1. The topological polar surface area (TPSA) is 70.6 Å². The number of nitrogens with zero attached hydrogens (tertiary/aromatic N) is 1. The van der Waals surface area contributed by atoms with Crippen molar-refractivity contribution in [1.82, 2.24) is 5.32 Å². The smallest absolute Gasteiger partial charge is 0.143 e. The molecule has 0 aliphatic rings. The summed E-state index contributed by atoms with van der Waals surface area (Å²) in [5.74, 6) is 0.326. The van der Waals surface area contributed by atoms with Crippen LogP contribution in [0.4, 0.5) is 0 Å². The Balaban J connectivity index is 2.24. The molecule has 0 aromatic heterocycles. The van der Waals surface area contributed by atoms with E-state index >= 15 is 0 Å². The van der Waals surface area contributed by atoms with E-state index in [0.717, 1.165) is 19.4 Å². The van der Waals surface area contributed by atoms with Gasteiger partial charge in [0.15, 0.2) is 0 Å². The molecular weight excluding hydrogens is 226 g/mol. The van der Waals surface area contributed by atoms with Gasteiger partial charge in [-0.25, -0.2) is 0 Å². The summed E-state index contributed by atoms with van der Waals surface area (Å²) in [4.78, 5) is 0. The molecule has 2 atom stereocenters. The van der Waals surface area contributed by atoms with Gasteiger partial charge in [0, 0.05) is 18.5 Å². The van der Waals surface area contributed by atoms with Crippen LogP contribution in [-0.4, -0.2) is 23.6 Å². The van der Waals surface area contributed by atoms with Gasteiger partial charge < -0.3 is 16.3 Å². The lowest BCUT2D eigenvalue weighted by Crippen LogP contribution is -2.36. The van der Waals surface area contributed by atoms with Crippen LogP contribution < -0.4 is 11.1 Å². The summed E-state index contributed by atoms with van der Waals surface area (Å²) in [5, 5.41) is 15.0. The van der Waals surface area contributed by atoms with Gasteiger partial charge >= 0.3 is 0 Å². The van der Waals surface area contributed by atoms with E-state index in [9.17, 15) is 0 Å². The van der Waals surface area contributed by atoms with Crippen LogP contribution in [0.25, 0.3) is 0 Å². The number of benzene rings is 1. The zero-order valence-electron chi connectivity index (χ0n) is 11.1. The molecule has 1 aromatic carbocycles. The van der Waals surface area contributed by atoms with Crippen LogP contribution in [0.2, 0.25) is 0 Å². The van der Waals surface area contributed by atoms with E-state index in [4.69, 9.17) is 10.9 Å². The molecule has 1 rings (SSSR count). The third kappa shape index (κ3) is 5.19. The van der Waals surface area contributed by atoms with Crippen molar-refractivity contribution >= 4 is 5.84 Å². The average molecular weight is 249 g/mol. The average Bonchev–Trinajstić information content (AvgIpc) is 2.42.